The lowest BCUT2D eigenvalue weighted by molar-refractivity contribution is 0.102. The Hall–Kier alpha value is -3.09. The fraction of sp³-hybridized carbons (Fsp3) is 0.400. The average molecular weight is 547 g/mol. The van der Waals surface area contributed by atoms with Crippen LogP contribution >= 0.6 is 0 Å². The smallest absolute Gasteiger partial charge is 0.322 e. The predicted octanol–water partition coefficient (Wildman–Crippen LogP) is 3.66. The molecule has 0 aliphatic heterocycles. The minimum Gasteiger partial charge on any atom is -0.407 e. The van der Waals surface area contributed by atoms with E-state index in [1.54, 1.807) is 16.4 Å². The lowest BCUT2D eigenvalue weighted by Crippen LogP contribution is -2.41. The van der Waals surface area contributed by atoms with Crippen molar-refractivity contribution < 1.29 is 26.0 Å². The molecule has 10 nitrogen and oxygen atoms in total. The zero-order chi connectivity index (χ0) is 26.6. The molecule has 1 aromatic heterocycles. The van der Waals surface area contributed by atoms with Crippen LogP contribution < -0.4 is 5.32 Å². The average Bonchev–Trinajstić information content (AvgIpc) is 3.31. The highest BCUT2D eigenvalue weighted by Gasteiger charge is 2.31. The Morgan fingerprint density at radius 1 is 0.946 bits per heavy atom. The number of amides is 1. The van der Waals surface area contributed by atoms with E-state index in [9.17, 15) is 21.6 Å². The van der Waals surface area contributed by atoms with Crippen LogP contribution in [-0.2, 0) is 26.3 Å². The predicted molar refractivity (Wildman–Crippen MR) is 137 cm³/mol. The lowest BCUT2D eigenvalue weighted by Gasteiger charge is -2.32. The number of sulfonamides is 1. The van der Waals surface area contributed by atoms with Crippen molar-refractivity contribution in [2.45, 2.75) is 61.3 Å². The summed E-state index contributed by atoms with van der Waals surface area (Å²) in [4.78, 5) is 13.0. The molecule has 1 heterocycles. The van der Waals surface area contributed by atoms with Gasteiger partial charge in [0.15, 0.2) is 9.84 Å². The second-order valence-corrected chi connectivity index (χ2v) is 13.0. The third kappa shape index (κ3) is 6.43. The number of anilines is 1. The van der Waals surface area contributed by atoms with E-state index in [1.165, 1.54) is 36.4 Å². The lowest BCUT2D eigenvalue weighted by atomic mass is 9.95. The Balaban J connectivity index is 1.40. The summed E-state index contributed by atoms with van der Waals surface area (Å²) in [6.07, 6.45) is 6.33. The van der Waals surface area contributed by atoms with E-state index in [0.717, 1.165) is 43.9 Å². The van der Waals surface area contributed by atoms with Crippen LogP contribution in [0.25, 0.3) is 0 Å². The minimum absolute atomic E-state index is 0.0102. The van der Waals surface area contributed by atoms with Crippen LogP contribution in [0.15, 0.2) is 62.7 Å². The molecule has 0 unspecified atom stereocenters. The molecule has 0 atom stereocenters. The number of carbonyl (C=O) groups excluding carboxylic acids is 1. The molecule has 1 N–H and O–H groups in total. The van der Waals surface area contributed by atoms with Gasteiger partial charge in [-0.2, -0.15) is 4.31 Å². The second kappa shape index (κ2) is 11.1. The first-order valence-corrected chi connectivity index (χ1v) is 15.5. The van der Waals surface area contributed by atoms with Crippen LogP contribution in [0.1, 0.15) is 60.8 Å². The first-order chi connectivity index (χ1) is 17.6. The van der Waals surface area contributed by atoms with Gasteiger partial charge < -0.3 is 4.42 Å². The van der Waals surface area contributed by atoms with Gasteiger partial charge in [0.25, 0.3) is 5.91 Å². The molecule has 198 valence electrons. The van der Waals surface area contributed by atoms with E-state index < -0.39 is 25.8 Å². The second-order valence-electron chi connectivity index (χ2n) is 9.07. The first-order valence-electron chi connectivity index (χ1n) is 12.1. The summed E-state index contributed by atoms with van der Waals surface area (Å²) in [7, 11) is -6.95. The fourth-order valence-corrected chi connectivity index (χ4v) is 6.81. The molecule has 3 aromatic rings. The van der Waals surface area contributed by atoms with Crippen molar-refractivity contribution in [2.75, 3.05) is 18.1 Å². The SMILES string of the molecule is CCN(C1CCCCC1)S(=O)(=O)c1ccc(C(=O)Nc2nnc(Cc3ccc(S(C)(=O)=O)cc3)o2)cc1. The molecule has 1 aliphatic carbocycles. The maximum atomic E-state index is 13.2. The third-order valence-electron chi connectivity index (χ3n) is 6.41. The van der Waals surface area contributed by atoms with Crippen LogP contribution in [-0.4, -0.2) is 56.1 Å². The van der Waals surface area contributed by atoms with Crippen molar-refractivity contribution in [1.82, 2.24) is 14.5 Å². The van der Waals surface area contributed by atoms with Gasteiger partial charge in [-0.3, -0.25) is 10.1 Å². The van der Waals surface area contributed by atoms with Gasteiger partial charge in [0, 0.05) is 24.4 Å². The standard InChI is InChI=1S/C25H30N4O6S2/c1-3-29(20-7-5-4-6-8-20)37(33,34)22-15-11-19(12-16-22)24(30)26-25-28-27-23(35-25)17-18-9-13-21(14-10-18)36(2,31)32/h9-16,20H,3-8,17H2,1-2H3,(H,26,28,30). The molecule has 0 bridgehead atoms. The van der Waals surface area contributed by atoms with E-state index in [2.05, 4.69) is 15.5 Å². The summed E-state index contributed by atoms with van der Waals surface area (Å²) in [5.74, 6) is -0.275. The van der Waals surface area contributed by atoms with E-state index in [-0.39, 0.29) is 39.7 Å². The highest BCUT2D eigenvalue weighted by atomic mass is 32.2. The van der Waals surface area contributed by atoms with Gasteiger partial charge in [0.1, 0.15) is 0 Å². The zero-order valence-corrected chi connectivity index (χ0v) is 22.4. The summed E-state index contributed by atoms with van der Waals surface area (Å²) in [6.45, 7) is 2.24. The fourth-order valence-electron chi connectivity index (χ4n) is 4.48. The first kappa shape index (κ1) is 27.0. The van der Waals surface area contributed by atoms with Crippen LogP contribution in [0.4, 0.5) is 6.01 Å². The maximum Gasteiger partial charge on any atom is 0.322 e. The molecule has 0 spiro atoms. The van der Waals surface area contributed by atoms with Crippen LogP contribution in [0, 0.1) is 0 Å². The highest BCUT2D eigenvalue weighted by Crippen LogP contribution is 2.28. The van der Waals surface area contributed by atoms with Crippen molar-refractivity contribution in [3.8, 4) is 0 Å². The van der Waals surface area contributed by atoms with E-state index in [4.69, 9.17) is 4.42 Å². The van der Waals surface area contributed by atoms with E-state index in [1.807, 2.05) is 6.92 Å². The quantitative estimate of drug-likeness (QED) is 0.429. The van der Waals surface area contributed by atoms with Crippen molar-refractivity contribution >= 4 is 31.8 Å². The van der Waals surface area contributed by atoms with Crippen LogP contribution in [0.5, 0.6) is 0 Å². The Morgan fingerprint density at radius 3 is 2.16 bits per heavy atom. The van der Waals surface area contributed by atoms with Crippen LogP contribution in [0.2, 0.25) is 0 Å². The molecule has 37 heavy (non-hydrogen) atoms. The molecular weight excluding hydrogens is 516 g/mol. The Morgan fingerprint density at radius 2 is 1.57 bits per heavy atom. The number of hydrogen-bond acceptors (Lipinski definition) is 8. The Kier molecular flexibility index (Phi) is 8.10. The Labute approximate surface area is 217 Å². The molecule has 4 rings (SSSR count). The zero-order valence-electron chi connectivity index (χ0n) is 20.8. The number of hydrogen-bond donors (Lipinski definition) is 1. The molecule has 2 aromatic carbocycles. The van der Waals surface area contributed by atoms with Gasteiger partial charge in [0.2, 0.25) is 15.9 Å². The number of sulfone groups is 1. The molecule has 1 aliphatic rings. The molecule has 12 heteroatoms. The normalized spacial score (nSPS) is 15.1. The summed E-state index contributed by atoms with van der Waals surface area (Å²) >= 11 is 0. The van der Waals surface area contributed by atoms with Gasteiger partial charge in [-0.15, -0.1) is 5.10 Å². The van der Waals surface area contributed by atoms with Crippen molar-refractivity contribution in [2.24, 2.45) is 0 Å². The minimum atomic E-state index is -3.66. The topological polar surface area (TPSA) is 140 Å². The number of aromatic nitrogens is 2. The highest BCUT2D eigenvalue weighted by molar-refractivity contribution is 7.90. The molecule has 0 radical (unpaired) electrons. The Bertz CT molecular complexity index is 1440. The molecule has 1 fully saturated rings. The monoisotopic (exact) mass is 546 g/mol. The molecular formula is C25H30N4O6S2. The number of benzene rings is 2. The van der Waals surface area contributed by atoms with Crippen molar-refractivity contribution in [3.63, 3.8) is 0 Å². The third-order valence-corrected chi connectivity index (χ3v) is 9.58. The molecule has 1 amide bonds. The number of nitrogens with zero attached hydrogens (tertiary/aromatic N) is 3. The van der Waals surface area contributed by atoms with Crippen molar-refractivity contribution in [3.05, 3.63) is 65.5 Å². The maximum absolute atomic E-state index is 13.2. The molecule has 0 saturated heterocycles. The van der Waals surface area contributed by atoms with Gasteiger partial charge in [-0.05, 0) is 54.8 Å². The largest absolute Gasteiger partial charge is 0.407 e. The van der Waals surface area contributed by atoms with Gasteiger partial charge in [0.05, 0.1) is 16.2 Å². The van der Waals surface area contributed by atoms with Gasteiger partial charge >= 0.3 is 6.01 Å². The van der Waals surface area contributed by atoms with E-state index in [0.29, 0.717) is 6.54 Å². The summed E-state index contributed by atoms with van der Waals surface area (Å²) in [5.41, 5.74) is 1.01. The van der Waals surface area contributed by atoms with Crippen LogP contribution in [0.3, 0.4) is 0 Å². The van der Waals surface area contributed by atoms with Gasteiger partial charge in [-0.1, -0.05) is 43.4 Å². The van der Waals surface area contributed by atoms with Gasteiger partial charge in [-0.25, -0.2) is 16.8 Å². The summed E-state index contributed by atoms with van der Waals surface area (Å²) in [5, 5.41) is 10.3. The number of nitrogens with one attached hydrogen (secondary N) is 1. The molecule has 1 saturated carbocycles. The summed E-state index contributed by atoms with van der Waals surface area (Å²) in [6, 6.07) is 12.0. The summed E-state index contributed by atoms with van der Waals surface area (Å²) < 4.78 is 56.7. The number of carbonyl (C=O) groups is 1. The van der Waals surface area contributed by atoms with Crippen molar-refractivity contribution in [1.29, 1.82) is 0 Å². The number of rotatable bonds is 9. The van der Waals surface area contributed by atoms with E-state index >= 15 is 0 Å².